The van der Waals surface area contributed by atoms with Crippen LogP contribution in [0.3, 0.4) is 0 Å². The highest BCUT2D eigenvalue weighted by Gasteiger charge is 2.45. The molecule has 2 aliphatic rings. The van der Waals surface area contributed by atoms with Gasteiger partial charge >= 0.3 is 0 Å². The van der Waals surface area contributed by atoms with E-state index in [0.29, 0.717) is 36.8 Å². The van der Waals surface area contributed by atoms with Gasteiger partial charge in [-0.05, 0) is 24.7 Å². The lowest BCUT2D eigenvalue weighted by Gasteiger charge is -2.25. The van der Waals surface area contributed by atoms with Crippen molar-refractivity contribution in [3.05, 3.63) is 0 Å². The summed E-state index contributed by atoms with van der Waals surface area (Å²) in [5.41, 5.74) is 10.7. The number of ketones is 2. The van der Waals surface area contributed by atoms with Crippen LogP contribution in [-0.4, -0.2) is 36.7 Å². The third-order valence-corrected chi connectivity index (χ3v) is 4.11. The molecule has 2 heterocycles. The van der Waals surface area contributed by atoms with Gasteiger partial charge in [0.25, 0.3) is 0 Å². The Morgan fingerprint density at radius 3 is 1.65 bits per heavy atom. The average Bonchev–Trinajstić information content (AvgIpc) is 2.88. The highest BCUT2D eigenvalue weighted by molar-refractivity contribution is 5.81. The number of Topliss-reactive ketones (excluding diaryl/α,β-unsaturated/α-hetero) is 2. The van der Waals surface area contributed by atoms with Gasteiger partial charge in [0.05, 0.1) is 13.1 Å². The number of hydrogen-bond donors (Lipinski definition) is 3. The molecule has 4 unspecified atom stereocenters. The molecule has 5 nitrogen and oxygen atoms in total. The molecular weight excluding hydrogens is 218 g/mol. The Balaban J connectivity index is 1.83. The fourth-order valence-electron chi connectivity index (χ4n) is 3.25. The predicted octanol–water partition coefficient (Wildman–Crippen LogP) is -0.811. The Labute approximate surface area is 101 Å². The topological polar surface area (TPSA) is 98.2 Å². The van der Waals surface area contributed by atoms with Crippen LogP contribution < -0.4 is 16.8 Å². The maximum absolute atomic E-state index is 11.3. The van der Waals surface area contributed by atoms with Crippen LogP contribution in [0.25, 0.3) is 0 Å². The standard InChI is InChI=1S/C12H21N3O2/c13-5-9(16)1-7-3-12-8(2-10(17)6-14)4-11(7)15-12/h7-8,11-12,15H,1-6,13-14H2. The third-order valence-electron chi connectivity index (χ3n) is 4.11. The van der Waals surface area contributed by atoms with E-state index in [-0.39, 0.29) is 24.7 Å². The lowest BCUT2D eigenvalue weighted by Crippen LogP contribution is -2.29. The van der Waals surface area contributed by atoms with E-state index in [0.717, 1.165) is 12.8 Å². The molecule has 5 N–H and O–H groups in total. The lowest BCUT2D eigenvalue weighted by atomic mass is 9.78. The largest absolute Gasteiger partial charge is 0.324 e. The van der Waals surface area contributed by atoms with E-state index < -0.39 is 0 Å². The second kappa shape index (κ2) is 5.25. The van der Waals surface area contributed by atoms with Crippen LogP contribution in [0.4, 0.5) is 0 Å². The minimum atomic E-state index is 0.138. The van der Waals surface area contributed by atoms with E-state index in [2.05, 4.69) is 5.32 Å². The zero-order valence-electron chi connectivity index (χ0n) is 10.0. The van der Waals surface area contributed by atoms with E-state index in [1.165, 1.54) is 0 Å². The molecule has 5 heteroatoms. The number of nitrogens with two attached hydrogens (primary N) is 2. The first kappa shape index (κ1) is 12.7. The fourth-order valence-corrected chi connectivity index (χ4v) is 3.25. The van der Waals surface area contributed by atoms with Gasteiger partial charge in [0.15, 0.2) is 0 Å². The van der Waals surface area contributed by atoms with Gasteiger partial charge in [-0.3, -0.25) is 9.59 Å². The Morgan fingerprint density at radius 2 is 1.35 bits per heavy atom. The van der Waals surface area contributed by atoms with Gasteiger partial charge in [-0.25, -0.2) is 0 Å². The molecule has 0 aliphatic carbocycles. The quantitative estimate of drug-likeness (QED) is 0.563. The molecule has 0 spiro atoms. The molecule has 0 aromatic rings. The highest BCUT2D eigenvalue weighted by Crippen LogP contribution is 2.40. The second-order valence-corrected chi connectivity index (χ2v) is 5.27. The van der Waals surface area contributed by atoms with Crippen LogP contribution in [0.15, 0.2) is 0 Å². The van der Waals surface area contributed by atoms with Crippen molar-refractivity contribution >= 4 is 11.6 Å². The van der Waals surface area contributed by atoms with Crippen LogP contribution in [0, 0.1) is 11.8 Å². The van der Waals surface area contributed by atoms with Crippen molar-refractivity contribution in [2.24, 2.45) is 23.3 Å². The maximum Gasteiger partial charge on any atom is 0.146 e. The summed E-state index contributed by atoms with van der Waals surface area (Å²) in [7, 11) is 0. The van der Waals surface area contributed by atoms with Gasteiger partial charge in [-0.1, -0.05) is 0 Å². The van der Waals surface area contributed by atoms with E-state index in [1.54, 1.807) is 0 Å². The van der Waals surface area contributed by atoms with Crippen LogP contribution in [0.1, 0.15) is 25.7 Å². The summed E-state index contributed by atoms with van der Waals surface area (Å²) in [6.07, 6.45) is 3.17. The molecular formula is C12H21N3O2. The number of nitrogens with one attached hydrogen (secondary N) is 1. The van der Waals surface area contributed by atoms with Gasteiger partial charge in [0.1, 0.15) is 11.6 Å². The first-order valence-corrected chi connectivity index (χ1v) is 6.33. The zero-order chi connectivity index (χ0) is 12.4. The highest BCUT2D eigenvalue weighted by atomic mass is 16.1. The van der Waals surface area contributed by atoms with Crippen molar-refractivity contribution in [1.29, 1.82) is 0 Å². The normalized spacial score (nSPS) is 35.2. The minimum Gasteiger partial charge on any atom is -0.324 e. The minimum absolute atomic E-state index is 0.138. The molecule has 0 radical (unpaired) electrons. The number of carbonyl (C=O) groups is 2. The van der Waals surface area contributed by atoms with Crippen molar-refractivity contribution in [1.82, 2.24) is 5.32 Å². The molecule has 2 aliphatic heterocycles. The molecule has 0 aromatic carbocycles. The molecule has 2 fully saturated rings. The Hall–Kier alpha value is -0.780. The van der Waals surface area contributed by atoms with E-state index in [4.69, 9.17) is 11.5 Å². The molecule has 2 rings (SSSR count). The van der Waals surface area contributed by atoms with Crippen molar-refractivity contribution in [2.45, 2.75) is 37.8 Å². The first-order valence-electron chi connectivity index (χ1n) is 6.33. The third kappa shape index (κ3) is 2.73. The van der Waals surface area contributed by atoms with Crippen molar-refractivity contribution in [3.63, 3.8) is 0 Å². The van der Waals surface area contributed by atoms with Gasteiger partial charge in [-0.2, -0.15) is 0 Å². The summed E-state index contributed by atoms with van der Waals surface area (Å²) in [6, 6.07) is 0.789. The predicted molar refractivity (Wildman–Crippen MR) is 64.3 cm³/mol. The fraction of sp³-hybridized carbons (Fsp3) is 0.833. The van der Waals surface area contributed by atoms with Gasteiger partial charge in [-0.15, -0.1) is 0 Å². The van der Waals surface area contributed by atoms with E-state index >= 15 is 0 Å². The Kier molecular flexibility index (Phi) is 3.91. The number of hydrogen-bond acceptors (Lipinski definition) is 5. The molecule has 0 amide bonds. The van der Waals surface area contributed by atoms with Crippen molar-refractivity contribution in [3.8, 4) is 0 Å². The first-order chi connectivity index (χ1) is 8.13. The summed E-state index contributed by atoms with van der Waals surface area (Å²) in [6.45, 7) is 0.284. The molecule has 0 saturated carbocycles. The molecule has 17 heavy (non-hydrogen) atoms. The number of rotatable bonds is 6. The van der Waals surface area contributed by atoms with Crippen LogP contribution >= 0.6 is 0 Å². The van der Waals surface area contributed by atoms with E-state index in [9.17, 15) is 9.59 Å². The van der Waals surface area contributed by atoms with Crippen molar-refractivity contribution < 1.29 is 9.59 Å². The van der Waals surface area contributed by atoms with Gasteiger partial charge < -0.3 is 16.8 Å². The lowest BCUT2D eigenvalue weighted by molar-refractivity contribution is -0.120. The van der Waals surface area contributed by atoms with Crippen LogP contribution in [-0.2, 0) is 9.59 Å². The van der Waals surface area contributed by atoms with Gasteiger partial charge in [0.2, 0.25) is 0 Å². The average molecular weight is 239 g/mol. The van der Waals surface area contributed by atoms with Crippen LogP contribution in [0.5, 0.6) is 0 Å². The summed E-state index contributed by atoms with van der Waals surface area (Å²) >= 11 is 0. The molecule has 0 aromatic heterocycles. The zero-order valence-corrected chi connectivity index (χ0v) is 10.0. The molecule has 96 valence electrons. The summed E-state index contributed by atoms with van der Waals surface area (Å²) in [5, 5.41) is 3.50. The summed E-state index contributed by atoms with van der Waals surface area (Å²) in [4.78, 5) is 22.7. The Bertz CT molecular complexity index is 289. The van der Waals surface area contributed by atoms with E-state index in [1.807, 2.05) is 0 Å². The maximum atomic E-state index is 11.3. The number of fused-ring (bicyclic) bond motifs is 2. The second-order valence-electron chi connectivity index (χ2n) is 5.27. The Morgan fingerprint density at radius 1 is 0.941 bits per heavy atom. The molecule has 4 atom stereocenters. The molecule has 2 saturated heterocycles. The van der Waals surface area contributed by atoms with Gasteiger partial charge in [0, 0.05) is 24.9 Å². The SMILES string of the molecule is NCC(=O)CC1CC2NC1CC2CC(=O)CN. The molecule has 2 bridgehead atoms. The van der Waals surface area contributed by atoms with Crippen molar-refractivity contribution in [2.75, 3.05) is 13.1 Å². The van der Waals surface area contributed by atoms with Crippen LogP contribution in [0.2, 0.25) is 0 Å². The smallest absolute Gasteiger partial charge is 0.146 e. The summed E-state index contributed by atoms with van der Waals surface area (Å²) < 4.78 is 0. The number of carbonyl (C=O) groups excluding carboxylic acids is 2. The monoisotopic (exact) mass is 239 g/mol. The summed E-state index contributed by atoms with van der Waals surface area (Å²) in [5.74, 6) is 1.11.